The van der Waals surface area contributed by atoms with Crippen molar-refractivity contribution < 1.29 is 8.78 Å². The van der Waals surface area contributed by atoms with E-state index in [4.69, 9.17) is 0 Å². The third-order valence-electron chi connectivity index (χ3n) is 5.53. The molecule has 1 N–H and O–H groups in total. The van der Waals surface area contributed by atoms with Crippen LogP contribution in [0.15, 0.2) is 23.3 Å². The summed E-state index contributed by atoms with van der Waals surface area (Å²) in [5.41, 5.74) is 2.18. The van der Waals surface area contributed by atoms with Gasteiger partial charge in [0.25, 0.3) is 5.56 Å². The number of fused-ring (bicyclic) bond motifs is 1. The number of alkyl halides is 2. The smallest absolute Gasteiger partial charge is 0.307 e. The van der Waals surface area contributed by atoms with E-state index in [-0.39, 0.29) is 17.6 Å². The van der Waals surface area contributed by atoms with Gasteiger partial charge in [-0.05, 0) is 50.5 Å². The Balaban J connectivity index is 1.35. The highest BCUT2D eigenvalue weighted by molar-refractivity contribution is 5.22. The molecular formula is C18H23F2N5O. The second-order valence-electron chi connectivity index (χ2n) is 7.17. The second-order valence-corrected chi connectivity index (χ2v) is 7.17. The molecule has 26 heavy (non-hydrogen) atoms. The van der Waals surface area contributed by atoms with Gasteiger partial charge in [-0.3, -0.25) is 9.36 Å². The maximum absolute atomic E-state index is 12.9. The van der Waals surface area contributed by atoms with Crippen LogP contribution >= 0.6 is 0 Å². The molecule has 0 spiro atoms. The van der Waals surface area contributed by atoms with Gasteiger partial charge in [-0.25, -0.2) is 9.67 Å². The molecule has 4 rings (SSSR count). The fourth-order valence-electron chi connectivity index (χ4n) is 4.10. The van der Waals surface area contributed by atoms with Crippen molar-refractivity contribution in [2.75, 3.05) is 0 Å². The molecule has 0 saturated heterocycles. The van der Waals surface area contributed by atoms with Crippen LogP contribution < -0.4 is 10.9 Å². The van der Waals surface area contributed by atoms with E-state index in [1.54, 1.807) is 10.7 Å². The molecule has 0 unspecified atom stereocenters. The number of hydrogen-bond acceptors (Lipinski definition) is 4. The zero-order valence-electron chi connectivity index (χ0n) is 14.6. The van der Waals surface area contributed by atoms with Crippen molar-refractivity contribution in [2.45, 2.75) is 70.1 Å². The summed E-state index contributed by atoms with van der Waals surface area (Å²) < 4.78 is 28.3. The van der Waals surface area contributed by atoms with Gasteiger partial charge in [-0.2, -0.15) is 13.9 Å². The SMILES string of the molecule is O=c1cc2c(nn1C1CCC(NCc3nccn3C(F)F)CC1)CCC2. The van der Waals surface area contributed by atoms with E-state index < -0.39 is 6.55 Å². The summed E-state index contributed by atoms with van der Waals surface area (Å²) in [5.74, 6) is 0.346. The molecule has 140 valence electrons. The van der Waals surface area contributed by atoms with E-state index in [1.165, 1.54) is 12.4 Å². The highest BCUT2D eigenvalue weighted by Crippen LogP contribution is 2.28. The van der Waals surface area contributed by atoms with Crippen LogP contribution in [0.25, 0.3) is 0 Å². The first-order valence-corrected chi connectivity index (χ1v) is 9.26. The molecule has 2 aliphatic carbocycles. The first-order chi connectivity index (χ1) is 12.6. The Hall–Kier alpha value is -2.09. The van der Waals surface area contributed by atoms with E-state index in [0.29, 0.717) is 12.4 Å². The minimum atomic E-state index is -2.57. The van der Waals surface area contributed by atoms with E-state index in [1.807, 2.05) is 0 Å². The van der Waals surface area contributed by atoms with Crippen LogP contribution in [0.2, 0.25) is 0 Å². The maximum Gasteiger partial charge on any atom is 0.319 e. The van der Waals surface area contributed by atoms with Crippen LogP contribution in [0, 0.1) is 0 Å². The van der Waals surface area contributed by atoms with Crippen molar-refractivity contribution in [3.63, 3.8) is 0 Å². The van der Waals surface area contributed by atoms with Gasteiger partial charge in [-0.1, -0.05) is 0 Å². The molecule has 0 aliphatic heterocycles. The fourth-order valence-corrected chi connectivity index (χ4v) is 4.10. The zero-order valence-corrected chi connectivity index (χ0v) is 14.6. The van der Waals surface area contributed by atoms with Gasteiger partial charge in [0.05, 0.1) is 18.3 Å². The van der Waals surface area contributed by atoms with E-state index in [0.717, 1.165) is 60.8 Å². The molecule has 0 aromatic carbocycles. The number of rotatable bonds is 5. The summed E-state index contributed by atoms with van der Waals surface area (Å²) in [5, 5.41) is 7.93. The number of imidazole rings is 1. The lowest BCUT2D eigenvalue weighted by Crippen LogP contribution is -2.37. The summed E-state index contributed by atoms with van der Waals surface area (Å²) in [7, 11) is 0. The molecule has 2 aromatic heterocycles. The molecule has 6 nitrogen and oxygen atoms in total. The molecule has 0 amide bonds. The Kier molecular flexibility index (Phi) is 4.84. The van der Waals surface area contributed by atoms with E-state index in [2.05, 4.69) is 15.4 Å². The van der Waals surface area contributed by atoms with Crippen molar-refractivity contribution in [1.82, 2.24) is 24.6 Å². The maximum atomic E-state index is 12.9. The van der Waals surface area contributed by atoms with Crippen LogP contribution in [-0.2, 0) is 19.4 Å². The highest BCUT2D eigenvalue weighted by Gasteiger charge is 2.25. The Bertz CT molecular complexity index is 823. The Labute approximate surface area is 150 Å². The molecule has 2 heterocycles. The normalized spacial score (nSPS) is 22.7. The summed E-state index contributed by atoms with van der Waals surface area (Å²) in [4.78, 5) is 16.3. The quantitative estimate of drug-likeness (QED) is 0.887. The molecule has 1 saturated carbocycles. The average Bonchev–Trinajstić information content (AvgIpc) is 3.28. The molecular weight excluding hydrogens is 340 g/mol. The van der Waals surface area contributed by atoms with Crippen molar-refractivity contribution in [3.05, 3.63) is 45.9 Å². The number of halogens is 2. The largest absolute Gasteiger partial charge is 0.319 e. The average molecular weight is 363 g/mol. The van der Waals surface area contributed by atoms with Gasteiger partial charge in [0.1, 0.15) is 5.82 Å². The predicted molar refractivity (Wildman–Crippen MR) is 92.1 cm³/mol. The van der Waals surface area contributed by atoms with Gasteiger partial charge >= 0.3 is 6.55 Å². The summed E-state index contributed by atoms with van der Waals surface area (Å²) in [6.45, 7) is -2.24. The third kappa shape index (κ3) is 3.42. The first-order valence-electron chi connectivity index (χ1n) is 9.26. The van der Waals surface area contributed by atoms with Crippen LogP contribution in [0.4, 0.5) is 8.78 Å². The molecule has 1 fully saturated rings. The summed E-state index contributed by atoms with van der Waals surface area (Å²) in [6.07, 6.45) is 9.22. The predicted octanol–water partition coefficient (Wildman–Crippen LogP) is 2.60. The van der Waals surface area contributed by atoms with Gasteiger partial charge in [-0.15, -0.1) is 0 Å². The Morgan fingerprint density at radius 3 is 2.81 bits per heavy atom. The molecule has 0 bridgehead atoms. The highest BCUT2D eigenvalue weighted by atomic mass is 19.3. The Morgan fingerprint density at radius 2 is 2.04 bits per heavy atom. The summed E-state index contributed by atoms with van der Waals surface area (Å²) >= 11 is 0. The van der Waals surface area contributed by atoms with E-state index in [9.17, 15) is 13.6 Å². The van der Waals surface area contributed by atoms with Gasteiger partial charge in [0.15, 0.2) is 0 Å². The van der Waals surface area contributed by atoms with Gasteiger partial charge in [0, 0.05) is 24.5 Å². The summed E-state index contributed by atoms with van der Waals surface area (Å²) in [6, 6.07) is 2.14. The minimum absolute atomic E-state index is 0.000944. The zero-order chi connectivity index (χ0) is 18.1. The minimum Gasteiger partial charge on any atom is -0.307 e. The number of aromatic nitrogens is 4. The molecule has 0 radical (unpaired) electrons. The monoisotopic (exact) mass is 363 g/mol. The lowest BCUT2D eigenvalue weighted by atomic mass is 9.91. The standard InChI is InChI=1S/C18H23F2N5O/c19-18(20)24-9-8-21-16(24)11-22-13-4-6-14(7-5-13)25-17(26)10-12-2-1-3-15(12)23-25/h8-10,13-14,18,22H,1-7,11H2. The lowest BCUT2D eigenvalue weighted by Gasteiger charge is -2.29. The first kappa shape index (κ1) is 17.3. The number of nitrogens with zero attached hydrogens (tertiary/aromatic N) is 4. The molecule has 8 heteroatoms. The molecule has 2 aliphatic rings. The van der Waals surface area contributed by atoms with E-state index >= 15 is 0 Å². The van der Waals surface area contributed by atoms with Gasteiger partial charge < -0.3 is 5.32 Å². The Morgan fingerprint density at radius 1 is 1.23 bits per heavy atom. The molecule has 2 aromatic rings. The van der Waals surface area contributed by atoms with Crippen molar-refractivity contribution >= 4 is 0 Å². The van der Waals surface area contributed by atoms with Crippen LogP contribution in [-0.4, -0.2) is 25.4 Å². The van der Waals surface area contributed by atoms with Gasteiger partial charge in [0.2, 0.25) is 0 Å². The number of aryl methyl sites for hydroxylation is 2. The molecule has 0 atom stereocenters. The number of hydrogen-bond donors (Lipinski definition) is 1. The lowest BCUT2D eigenvalue weighted by molar-refractivity contribution is 0.0663. The third-order valence-corrected chi connectivity index (χ3v) is 5.53. The van der Waals surface area contributed by atoms with Crippen molar-refractivity contribution in [1.29, 1.82) is 0 Å². The van der Waals surface area contributed by atoms with Crippen molar-refractivity contribution in [2.24, 2.45) is 0 Å². The van der Waals surface area contributed by atoms with Crippen LogP contribution in [0.3, 0.4) is 0 Å². The van der Waals surface area contributed by atoms with Crippen LogP contribution in [0.1, 0.15) is 61.8 Å². The fraction of sp³-hybridized carbons (Fsp3) is 0.611. The second kappa shape index (κ2) is 7.26. The van der Waals surface area contributed by atoms with Crippen LogP contribution in [0.5, 0.6) is 0 Å². The topological polar surface area (TPSA) is 64.7 Å². The number of nitrogens with one attached hydrogen (secondary N) is 1. The van der Waals surface area contributed by atoms with Crippen molar-refractivity contribution in [3.8, 4) is 0 Å².